The summed E-state index contributed by atoms with van der Waals surface area (Å²) >= 11 is 0. The van der Waals surface area contributed by atoms with E-state index in [1.165, 1.54) is 16.2 Å². The second-order valence-electron chi connectivity index (χ2n) is 7.94. The van der Waals surface area contributed by atoms with Crippen molar-refractivity contribution in [3.8, 4) is 17.2 Å². The zero-order chi connectivity index (χ0) is 21.1. The Hall–Kier alpha value is -4.44. The van der Waals surface area contributed by atoms with Crippen molar-refractivity contribution in [2.24, 2.45) is 0 Å². The standard InChI is InChI=1S/C28H17N3O/c1-2-10-19-18(8-1)9-7-13-22(19)27-23-16-32-17-24(23)29-28(30-27)31-25-14-5-3-11-20(25)21-12-4-6-15-26(21)31/h1-17H. The molecule has 32 heavy (non-hydrogen) atoms. The summed E-state index contributed by atoms with van der Waals surface area (Å²) in [6.07, 6.45) is 3.44. The van der Waals surface area contributed by atoms with Crippen LogP contribution in [-0.2, 0) is 0 Å². The second-order valence-corrected chi connectivity index (χ2v) is 7.94. The fourth-order valence-corrected chi connectivity index (χ4v) is 4.72. The summed E-state index contributed by atoms with van der Waals surface area (Å²) in [5, 5.41) is 5.62. The van der Waals surface area contributed by atoms with Crippen molar-refractivity contribution >= 4 is 43.5 Å². The molecule has 0 radical (unpaired) electrons. The number of furan rings is 1. The molecule has 0 atom stereocenters. The summed E-state index contributed by atoms with van der Waals surface area (Å²) in [6, 6.07) is 31.5. The molecule has 0 bridgehead atoms. The van der Waals surface area contributed by atoms with Crippen molar-refractivity contribution in [3.05, 3.63) is 104 Å². The zero-order valence-electron chi connectivity index (χ0n) is 17.1. The van der Waals surface area contributed by atoms with Gasteiger partial charge in [0.05, 0.1) is 22.1 Å². The number of aromatic nitrogens is 3. The maximum Gasteiger partial charge on any atom is 0.235 e. The largest absolute Gasteiger partial charge is 0.470 e. The SMILES string of the molecule is c1ccc2c(-c3nc(-n4c5ccccc5c5ccccc54)nc4cocc34)cccc2c1. The molecule has 0 fully saturated rings. The smallest absolute Gasteiger partial charge is 0.235 e. The van der Waals surface area contributed by atoms with Gasteiger partial charge in [-0.1, -0.05) is 78.9 Å². The Morgan fingerprint density at radius 2 is 1.22 bits per heavy atom. The minimum atomic E-state index is 0.638. The molecule has 7 aromatic rings. The van der Waals surface area contributed by atoms with Crippen LogP contribution in [0.2, 0.25) is 0 Å². The van der Waals surface area contributed by atoms with Crippen LogP contribution in [0.25, 0.3) is 60.7 Å². The van der Waals surface area contributed by atoms with E-state index in [0.717, 1.165) is 38.6 Å². The highest BCUT2D eigenvalue weighted by Crippen LogP contribution is 2.35. The first-order chi connectivity index (χ1) is 15.9. The Labute approximate surface area is 183 Å². The predicted octanol–water partition coefficient (Wildman–Crippen LogP) is 7.14. The molecule has 3 aromatic heterocycles. The summed E-state index contributed by atoms with van der Waals surface area (Å²) < 4.78 is 7.72. The Kier molecular flexibility index (Phi) is 3.52. The van der Waals surface area contributed by atoms with Crippen molar-refractivity contribution in [3.63, 3.8) is 0 Å². The van der Waals surface area contributed by atoms with Crippen LogP contribution >= 0.6 is 0 Å². The lowest BCUT2D eigenvalue weighted by atomic mass is 10.0. The van der Waals surface area contributed by atoms with Crippen LogP contribution in [0.15, 0.2) is 108 Å². The molecule has 4 heteroatoms. The quantitative estimate of drug-likeness (QED) is 0.304. The van der Waals surface area contributed by atoms with E-state index in [2.05, 4.69) is 95.6 Å². The van der Waals surface area contributed by atoms with Crippen LogP contribution in [-0.4, -0.2) is 14.5 Å². The molecule has 4 nitrogen and oxygen atoms in total. The molecule has 0 aliphatic rings. The maximum atomic E-state index is 5.57. The monoisotopic (exact) mass is 411 g/mol. The average Bonchev–Trinajstić information content (AvgIpc) is 3.46. The predicted molar refractivity (Wildman–Crippen MR) is 129 cm³/mol. The normalized spacial score (nSPS) is 11.8. The number of hydrogen-bond acceptors (Lipinski definition) is 3. The van der Waals surface area contributed by atoms with Gasteiger partial charge in [0.1, 0.15) is 18.0 Å². The van der Waals surface area contributed by atoms with Crippen molar-refractivity contribution in [1.82, 2.24) is 14.5 Å². The topological polar surface area (TPSA) is 43.9 Å². The maximum absolute atomic E-state index is 5.57. The van der Waals surface area contributed by atoms with Crippen LogP contribution < -0.4 is 0 Å². The first kappa shape index (κ1) is 17.3. The Morgan fingerprint density at radius 3 is 2.00 bits per heavy atom. The molecule has 0 aliphatic heterocycles. The van der Waals surface area contributed by atoms with Gasteiger partial charge in [-0.2, -0.15) is 0 Å². The third-order valence-corrected chi connectivity index (χ3v) is 6.15. The number of para-hydroxylation sites is 2. The highest BCUT2D eigenvalue weighted by atomic mass is 16.3. The van der Waals surface area contributed by atoms with Crippen LogP contribution in [0.5, 0.6) is 0 Å². The van der Waals surface area contributed by atoms with Crippen LogP contribution in [0, 0.1) is 0 Å². The van der Waals surface area contributed by atoms with Crippen LogP contribution in [0.1, 0.15) is 0 Å². The highest BCUT2D eigenvalue weighted by molar-refractivity contribution is 6.09. The molecule has 0 amide bonds. The Balaban J connectivity index is 1.61. The first-order valence-corrected chi connectivity index (χ1v) is 10.6. The molecule has 0 unspecified atom stereocenters. The highest BCUT2D eigenvalue weighted by Gasteiger charge is 2.18. The van der Waals surface area contributed by atoms with Crippen molar-refractivity contribution < 1.29 is 4.42 Å². The minimum absolute atomic E-state index is 0.638. The third kappa shape index (κ3) is 2.38. The number of hydrogen-bond donors (Lipinski definition) is 0. The average molecular weight is 411 g/mol. The van der Waals surface area contributed by atoms with Gasteiger partial charge in [-0.15, -0.1) is 0 Å². The van der Waals surface area contributed by atoms with Crippen molar-refractivity contribution in [2.75, 3.05) is 0 Å². The van der Waals surface area contributed by atoms with Gasteiger partial charge >= 0.3 is 0 Å². The van der Waals surface area contributed by atoms with E-state index in [1.54, 1.807) is 12.5 Å². The van der Waals surface area contributed by atoms with Gasteiger partial charge in [0.2, 0.25) is 5.95 Å². The first-order valence-electron chi connectivity index (χ1n) is 10.6. The third-order valence-electron chi connectivity index (χ3n) is 6.15. The molecule has 0 spiro atoms. The molecule has 4 aromatic carbocycles. The van der Waals surface area contributed by atoms with E-state index >= 15 is 0 Å². The lowest BCUT2D eigenvalue weighted by Gasteiger charge is -2.11. The number of nitrogens with zero attached hydrogens (tertiary/aromatic N) is 3. The van der Waals surface area contributed by atoms with E-state index in [-0.39, 0.29) is 0 Å². The molecule has 0 saturated carbocycles. The van der Waals surface area contributed by atoms with E-state index in [4.69, 9.17) is 14.4 Å². The molecule has 150 valence electrons. The summed E-state index contributed by atoms with van der Waals surface area (Å²) in [4.78, 5) is 10.0. The molecule has 3 heterocycles. The van der Waals surface area contributed by atoms with Gasteiger partial charge in [0.15, 0.2) is 0 Å². The molecule has 0 aliphatic carbocycles. The number of rotatable bonds is 2. The summed E-state index contributed by atoms with van der Waals surface area (Å²) in [6.45, 7) is 0. The molecular weight excluding hydrogens is 394 g/mol. The molecule has 7 rings (SSSR count). The molecular formula is C28H17N3O. The second kappa shape index (κ2) is 6.53. The lowest BCUT2D eigenvalue weighted by Crippen LogP contribution is -2.02. The van der Waals surface area contributed by atoms with Crippen LogP contribution in [0.3, 0.4) is 0 Å². The van der Waals surface area contributed by atoms with E-state index in [0.29, 0.717) is 5.95 Å². The van der Waals surface area contributed by atoms with E-state index < -0.39 is 0 Å². The molecule has 0 saturated heterocycles. The van der Waals surface area contributed by atoms with Gasteiger partial charge in [-0.05, 0) is 22.9 Å². The van der Waals surface area contributed by atoms with Gasteiger partial charge in [0, 0.05) is 16.3 Å². The fraction of sp³-hybridized carbons (Fsp3) is 0. The van der Waals surface area contributed by atoms with Gasteiger partial charge in [-0.25, -0.2) is 9.97 Å². The van der Waals surface area contributed by atoms with Crippen molar-refractivity contribution in [1.29, 1.82) is 0 Å². The summed E-state index contributed by atoms with van der Waals surface area (Å²) in [5.41, 5.74) is 4.90. The van der Waals surface area contributed by atoms with Crippen LogP contribution in [0.4, 0.5) is 0 Å². The van der Waals surface area contributed by atoms with E-state index in [9.17, 15) is 0 Å². The Bertz CT molecular complexity index is 1730. The number of benzene rings is 4. The van der Waals surface area contributed by atoms with Crippen molar-refractivity contribution in [2.45, 2.75) is 0 Å². The fourth-order valence-electron chi connectivity index (χ4n) is 4.72. The number of fused-ring (bicyclic) bond motifs is 5. The summed E-state index contributed by atoms with van der Waals surface area (Å²) in [5.74, 6) is 0.638. The lowest BCUT2D eigenvalue weighted by molar-refractivity contribution is 0.572. The van der Waals surface area contributed by atoms with Gasteiger partial charge in [-0.3, -0.25) is 4.57 Å². The van der Waals surface area contributed by atoms with Gasteiger partial charge < -0.3 is 4.42 Å². The Morgan fingerprint density at radius 1 is 0.562 bits per heavy atom. The zero-order valence-corrected chi connectivity index (χ0v) is 17.1. The summed E-state index contributed by atoms with van der Waals surface area (Å²) in [7, 11) is 0. The van der Waals surface area contributed by atoms with Gasteiger partial charge in [0.25, 0.3) is 0 Å². The minimum Gasteiger partial charge on any atom is -0.470 e. The van der Waals surface area contributed by atoms with E-state index in [1.807, 2.05) is 0 Å². The molecule has 0 N–H and O–H groups in total.